The van der Waals surface area contributed by atoms with E-state index in [1.165, 1.54) is 12.4 Å². The molecule has 0 aliphatic rings. The zero-order valence-corrected chi connectivity index (χ0v) is 12.6. The molecule has 0 fully saturated rings. The molecule has 1 heterocycles. The van der Waals surface area contributed by atoms with E-state index >= 15 is 0 Å². The average Bonchev–Trinajstić information content (AvgIpc) is 2.35. The Morgan fingerprint density at radius 2 is 1.80 bits per heavy atom. The van der Waals surface area contributed by atoms with Crippen LogP contribution in [-0.2, 0) is 32.7 Å². The molecule has 3 N–H and O–H groups in total. The second kappa shape index (κ2) is 6.66. The predicted octanol–water partition coefficient (Wildman–Crippen LogP) is 0.743. The third-order valence-corrected chi connectivity index (χ3v) is 2.06. The van der Waals surface area contributed by atoms with Gasteiger partial charge in [-0.3, -0.25) is 0 Å². The van der Waals surface area contributed by atoms with Crippen molar-refractivity contribution < 1.29 is 37.8 Å². The van der Waals surface area contributed by atoms with E-state index in [-0.39, 0.29) is 32.7 Å². The van der Waals surface area contributed by atoms with Crippen molar-refractivity contribution in [2.45, 2.75) is 38.6 Å². The first-order valence-electron chi connectivity index (χ1n) is 4.34. The van der Waals surface area contributed by atoms with Gasteiger partial charge in [0.1, 0.15) is 0 Å². The zero-order valence-electron chi connectivity index (χ0n) is 9.73. The fourth-order valence-electron chi connectivity index (χ4n) is 0.233. The summed E-state index contributed by atoms with van der Waals surface area (Å²) < 4.78 is 0. The third kappa shape index (κ3) is 8.00. The van der Waals surface area contributed by atoms with Crippen LogP contribution in [0.15, 0.2) is 12.4 Å². The molecule has 0 aliphatic heterocycles. The number of aromatic nitrogens is 2. The first kappa shape index (κ1) is 17.5. The van der Waals surface area contributed by atoms with E-state index in [9.17, 15) is 5.11 Å². The Balaban J connectivity index is 0. The number of hydrogen-bond acceptors (Lipinski definition) is 3. The maximum Gasteiger partial charge on any atom is 0.0777 e. The van der Waals surface area contributed by atoms with Crippen molar-refractivity contribution in [3.63, 3.8) is 0 Å². The molecular formula is C9H17BN3OY-. The molecule has 0 unspecified atom stereocenters. The van der Waals surface area contributed by atoms with Crippen molar-refractivity contribution in [1.29, 1.82) is 0 Å². The van der Waals surface area contributed by atoms with Crippen molar-refractivity contribution in [2.24, 2.45) is 0 Å². The number of nitrogens with zero attached hydrogens (tertiary/aromatic N) is 2. The molecule has 1 aromatic heterocycles. The Kier molecular flexibility index (Phi) is 7.79. The first-order chi connectivity index (χ1) is 6.14. The van der Waals surface area contributed by atoms with E-state index in [1.54, 1.807) is 27.7 Å². The van der Waals surface area contributed by atoms with Crippen LogP contribution >= 0.6 is 0 Å². The van der Waals surface area contributed by atoms with Gasteiger partial charge in [0.2, 0.25) is 0 Å². The Labute approximate surface area is 118 Å². The Morgan fingerprint density at radius 1 is 1.40 bits per heavy atom. The summed E-state index contributed by atoms with van der Waals surface area (Å²) in [4.78, 5) is 0. The van der Waals surface area contributed by atoms with Gasteiger partial charge in [0, 0.05) is 44.6 Å². The molecule has 0 bridgehead atoms. The van der Waals surface area contributed by atoms with Gasteiger partial charge in [-0.05, 0) is 19.2 Å². The summed E-state index contributed by atoms with van der Waals surface area (Å²) in [7, 11) is 5.56. The van der Waals surface area contributed by atoms with Crippen LogP contribution in [0.25, 0.3) is 0 Å². The number of aliphatic hydroxyl groups is 1. The van der Waals surface area contributed by atoms with Crippen LogP contribution in [0, 0.1) is 0 Å². The third-order valence-electron chi connectivity index (χ3n) is 2.06. The smallest absolute Gasteiger partial charge is 0.0777 e. The summed E-state index contributed by atoms with van der Waals surface area (Å²) in [6, 6.07) is 0. The van der Waals surface area contributed by atoms with E-state index in [0.717, 1.165) is 0 Å². The summed E-state index contributed by atoms with van der Waals surface area (Å²) in [5, 5.41) is 15.6. The maximum atomic E-state index is 9.23. The fraction of sp³-hybridized carbons (Fsp3) is 0.667. The molecule has 0 saturated carbocycles. The van der Waals surface area contributed by atoms with Crippen LogP contribution in [-0.4, -0.2) is 23.7 Å². The summed E-state index contributed by atoms with van der Waals surface area (Å²) in [6.07, 6.45) is 3.00. The van der Waals surface area contributed by atoms with E-state index in [4.69, 9.17) is 13.6 Å². The van der Waals surface area contributed by atoms with Gasteiger partial charge in [0.25, 0.3) is 0 Å². The summed E-state index contributed by atoms with van der Waals surface area (Å²) in [5.41, 5.74) is 4.99. The minimum Gasteiger partial charge on any atom is -0.580 e. The van der Waals surface area contributed by atoms with Crippen LogP contribution in [0.2, 0.25) is 5.31 Å². The summed E-state index contributed by atoms with van der Waals surface area (Å²) in [5.74, 6) is 0. The molecule has 0 saturated heterocycles. The van der Waals surface area contributed by atoms with E-state index in [0.29, 0.717) is 5.69 Å². The van der Waals surface area contributed by atoms with Gasteiger partial charge in [0.05, 0.1) is 13.4 Å². The van der Waals surface area contributed by atoms with Gasteiger partial charge in [-0.2, -0.15) is 0 Å². The van der Waals surface area contributed by atoms with E-state index in [1.807, 2.05) is 0 Å². The monoisotopic (exact) mass is 283 g/mol. The summed E-state index contributed by atoms with van der Waals surface area (Å²) >= 11 is 0. The van der Waals surface area contributed by atoms with Gasteiger partial charge < -0.3 is 21.0 Å². The van der Waals surface area contributed by atoms with Gasteiger partial charge in [-0.25, -0.2) is 0 Å². The summed E-state index contributed by atoms with van der Waals surface area (Å²) in [6.45, 7) is 7.00. The Morgan fingerprint density at radius 3 is 1.87 bits per heavy atom. The van der Waals surface area contributed by atoms with Crippen LogP contribution in [0.1, 0.15) is 27.7 Å². The van der Waals surface area contributed by atoms with Gasteiger partial charge in [-0.15, -0.1) is 6.20 Å². The maximum absolute atomic E-state index is 9.23. The molecule has 0 amide bonds. The minimum absolute atomic E-state index is 0. The van der Waals surface area contributed by atoms with Crippen molar-refractivity contribution in [2.75, 3.05) is 5.73 Å². The van der Waals surface area contributed by atoms with Gasteiger partial charge in [0.15, 0.2) is 0 Å². The number of nitrogens with two attached hydrogens (primary N) is 1. The van der Waals surface area contributed by atoms with E-state index < -0.39 is 10.9 Å². The normalized spacial score (nSPS) is 11.0. The SMILES string of the molecule is Nc1cn[n-]c1.[B]C(C)(C)C(C)(C)O.[Y]. The standard InChI is InChI=1S/C6H13BO.C3H4N3.Y/c1-5(2,7)6(3,4)8;4-3-1-5-6-2-3;/h8H,1-4H3;1-2H,4H2;/q;-1;. The number of rotatable bonds is 1. The van der Waals surface area contributed by atoms with Crippen molar-refractivity contribution in [1.82, 2.24) is 10.2 Å². The number of nitrogen functional groups attached to an aromatic ring is 1. The molecule has 81 valence electrons. The average molecular weight is 283 g/mol. The zero-order chi connectivity index (χ0) is 11.4. The molecule has 0 aliphatic carbocycles. The number of hydrogen-bond donors (Lipinski definition) is 2. The molecular weight excluding hydrogens is 266 g/mol. The minimum atomic E-state index is -0.785. The van der Waals surface area contributed by atoms with Crippen molar-refractivity contribution >= 4 is 13.5 Å². The molecule has 3 radical (unpaired) electrons. The van der Waals surface area contributed by atoms with Gasteiger partial charge in [-0.1, -0.05) is 13.8 Å². The Bertz CT molecular complexity index is 239. The van der Waals surface area contributed by atoms with Crippen LogP contribution < -0.4 is 10.8 Å². The first-order valence-corrected chi connectivity index (χ1v) is 4.34. The van der Waals surface area contributed by atoms with Crippen molar-refractivity contribution in [3.8, 4) is 0 Å². The Hall–Kier alpha value is 0.139. The molecule has 1 aromatic rings. The van der Waals surface area contributed by atoms with Crippen LogP contribution in [0.4, 0.5) is 5.69 Å². The molecule has 0 spiro atoms. The van der Waals surface area contributed by atoms with Crippen LogP contribution in [0.3, 0.4) is 0 Å². The molecule has 4 nitrogen and oxygen atoms in total. The largest absolute Gasteiger partial charge is 0.580 e. The van der Waals surface area contributed by atoms with Crippen LogP contribution in [0.5, 0.6) is 0 Å². The van der Waals surface area contributed by atoms with Gasteiger partial charge >= 0.3 is 0 Å². The second-order valence-electron chi connectivity index (χ2n) is 4.27. The number of anilines is 1. The topological polar surface area (TPSA) is 73.2 Å². The molecule has 15 heavy (non-hydrogen) atoms. The molecule has 6 heteroatoms. The second-order valence-corrected chi connectivity index (χ2v) is 4.27. The molecule has 1 rings (SSSR count). The molecule has 0 atom stereocenters. The van der Waals surface area contributed by atoms with Crippen molar-refractivity contribution in [3.05, 3.63) is 12.4 Å². The molecule has 0 aromatic carbocycles. The quantitative estimate of drug-likeness (QED) is 0.746. The van der Waals surface area contributed by atoms with E-state index in [2.05, 4.69) is 10.2 Å². The predicted molar refractivity (Wildman–Crippen MR) is 58.1 cm³/mol. The fourth-order valence-corrected chi connectivity index (χ4v) is 0.233.